The van der Waals surface area contributed by atoms with Gasteiger partial charge < -0.3 is 9.47 Å². The maximum absolute atomic E-state index is 14.1. The number of hydrogen-bond acceptors (Lipinski definition) is 3. The fraction of sp³-hybridized carbons (Fsp3) is 0.471. The highest BCUT2D eigenvalue weighted by Crippen LogP contribution is 2.55. The third-order valence-corrected chi connectivity index (χ3v) is 5.74. The van der Waals surface area contributed by atoms with Gasteiger partial charge in [-0.05, 0) is 36.5 Å². The molecule has 24 heavy (non-hydrogen) atoms. The monoisotopic (exact) mass is 348 g/mol. The number of hydrogen-bond donors (Lipinski definition) is 0. The van der Waals surface area contributed by atoms with Crippen LogP contribution in [0.3, 0.4) is 0 Å². The number of carbonyl (C=O) groups excluding carboxylic acids is 1. The highest BCUT2D eigenvalue weighted by atomic mass is 35.5. The Morgan fingerprint density at radius 1 is 1.42 bits per heavy atom. The van der Waals surface area contributed by atoms with Crippen LogP contribution in [-0.2, 0) is 7.05 Å². The van der Waals surface area contributed by atoms with Crippen LogP contribution in [-0.4, -0.2) is 38.7 Å². The minimum Gasteiger partial charge on any atom is -0.337 e. The van der Waals surface area contributed by atoms with Crippen molar-refractivity contribution in [3.8, 4) is 0 Å². The molecule has 7 heteroatoms. The molecule has 1 unspecified atom stereocenters. The quantitative estimate of drug-likeness (QED) is 0.838. The van der Waals surface area contributed by atoms with E-state index in [1.54, 1.807) is 11.2 Å². The summed E-state index contributed by atoms with van der Waals surface area (Å²) in [4.78, 5) is 14.6. The van der Waals surface area contributed by atoms with E-state index < -0.39 is 5.82 Å². The molecule has 126 valence electrons. The molecule has 2 heterocycles. The van der Waals surface area contributed by atoms with Crippen molar-refractivity contribution in [2.24, 2.45) is 12.5 Å². The van der Waals surface area contributed by atoms with Gasteiger partial charge in [0.1, 0.15) is 18.0 Å². The number of likely N-dealkylation sites (tertiary alicyclic amines) is 1. The molecule has 1 saturated carbocycles. The van der Waals surface area contributed by atoms with Gasteiger partial charge in [0.15, 0.2) is 0 Å². The molecule has 4 rings (SSSR count). The summed E-state index contributed by atoms with van der Waals surface area (Å²) in [5.74, 6) is 0.210. The molecule has 2 aromatic rings. The lowest BCUT2D eigenvalue weighted by molar-refractivity contribution is 0.0719. The molecule has 1 aromatic carbocycles. The minimum absolute atomic E-state index is 0.0376. The number of nitrogens with zero attached hydrogens (tertiary/aromatic N) is 4. The van der Waals surface area contributed by atoms with E-state index in [0.29, 0.717) is 18.1 Å². The van der Waals surface area contributed by atoms with E-state index in [0.717, 1.165) is 25.1 Å². The molecule has 1 amide bonds. The number of aryl methyl sites for hydroxylation is 1. The molecule has 0 N–H and O–H groups in total. The Bertz CT molecular complexity index is 802. The molecule has 1 saturated heterocycles. The van der Waals surface area contributed by atoms with Gasteiger partial charge in [0.25, 0.3) is 5.91 Å². The maximum Gasteiger partial charge on any atom is 0.256 e. The predicted molar refractivity (Wildman–Crippen MR) is 87.3 cm³/mol. The van der Waals surface area contributed by atoms with Gasteiger partial charge in [0, 0.05) is 31.1 Å². The lowest BCUT2D eigenvalue weighted by Gasteiger charge is -2.42. The van der Waals surface area contributed by atoms with Gasteiger partial charge in [0.05, 0.1) is 5.56 Å². The van der Waals surface area contributed by atoms with Gasteiger partial charge in [-0.25, -0.2) is 4.39 Å². The van der Waals surface area contributed by atoms with Gasteiger partial charge in [-0.2, -0.15) is 0 Å². The lowest BCUT2D eigenvalue weighted by atomic mass is 9.62. The normalized spacial score (nSPS) is 22.0. The average Bonchev–Trinajstić information content (AvgIpc) is 3.12. The summed E-state index contributed by atoms with van der Waals surface area (Å²) in [5, 5.41) is 8.59. The van der Waals surface area contributed by atoms with Crippen LogP contribution in [0.1, 0.15) is 41.4 Å². The highest BCUT2D eigenvalue weighted by molar-refractivity contribution is 6.31. The zero-order valence-corrected chi connectivity index (χ0v) is 14.1. The summed E-state index contributed by atoms with van der Waals surface area (Å²) >= 11 is 5.93. The topological polar surface area (TPSA) is 51.0 Å². The first-order chi connectivity index (χ1) is 11.5. The number of carbonyl (C=O) groups is 1. The number of amides is 1. The fourth-order valence-electron chi connectivity index (χ4n) is 4.06. The number of aromatic nitrogens is 3. The molecule has 2 fully saturated rings. The van der Waals surface area contributed by atoms with E-state index in [1.165, 1.54) is 18.2 Å². The SMILES string of the molecule is Cn1cnnc1C1CN(C(=O)c2cc(Cl)ccc2F)CC12CCC2. The molecular formula is C17H18ClFN4O. The highest BCUT2D eigenvalue weighted by Gasteiger charge is 2.53. The Morgan fingerprint density at radius 2 is 2.21 bits per heavy atom. The maximum atomic E-state index is 14.1. The first kappa shape index (κ1) is 15.6. The Labute approximate surface area is 144 Å². The molecule has 0 radical (unpaired) electrons. The van der Waals surface area contributed by atoms with Gasteiger partial charge in [-0.3, -0.25) is 4.79 Å². The summed E-state index contributed by atoms with van der Waals surface area (Å²) < 4.78 is 16.0. The van der Waals surface area contributed by atoms with Crippen LogP contribution in [0.25, 0.3) is 0 Å². The lowest BCUT2D eigenvalue weighted by Crippen LogP contribution is -2.38. The second kappa shape index (κ2) is 5.55. The molecule has 1 atom stereocenters. The van der Waals surface area contributed by atoms with Crippen molar-refractivity contribution < 1.29 is 9.18 Å². The van der Waals surface area contributed by atoms with Crippen LogP contribution in [0, 0.1) is 11.2 Å². The van der Waals surface area contributed by atoms with Gasteiger partial charge >= 0.3 is 0 Å². The third kappa shape index (κ3) is 2.32. The van der Waals surface area contributed by atoms with Crippen molar-refractivity contribution in [2.75, 3.05) is 13.1 Å². The van der Waals surface area contributed by atoms with Crippen LogP contribution < -0.4 is 0 Å². The average molecular weight is 349 g/mol. The first-order valence-corrected chi connectivity index (χ1v) is 8.46. The molecule has 5 nitrogen and oxygen atoms in total. The van der Waals surface area contributed by atoms with Crippen molar-refractivity contribution in [3.05, 3.63) is 46.8 Å². The van der Waals surface area contributed by atoms with Gasteiger partial charge in [-0.1, -0.05) is 18.0 Å². The molecule has 2 aliphatic rings. The molecule has 1 aliphatic heterocycles. The summed E-state index contributed by atoms with van der Waals surface area (Å²) in [5.41, 5.74) is 0.0847. The zero-order valence-electron chi connectivity index (χ0n) is 13.4. The van der Waals surface area contributed by atoms with E-state index >= 15 is 0 Å². The number of halogens is 2. The first-order valence-electron chi connectivity index (χ1n) is 8.08. The number of rotatable bonds is 2. The minimum atomic E-state index is -0.533. The van der Waals surface area contributed by atoms with Crippen molar-refractivity contribution in [3.63, 3.8) is 0 Å². The van der Waals surface area contributed by atoms with E-state index in [2.05, 4.69) is 10.2 Å². The summed E-state index contributed by atoms with van der Waals surface area (Å²) in [6.45, 7) is 1.17. The van der Waals surface area contributed by atoms with E-state index in [-0.39, 0.29) is 22.8 Å². The Balaban J connectivity index is 1.65. The van der Waals surface area contributed by atoms with Crippen molar-refractivity contribution >= 4 is 17.5 Å². The van der Waals surface area contributed by atoms with E-state index in [1.807, 2.05) is 11.6 Å². The summed E-state index contributed by atoms with van der Waals surface area (Å²) in [7, 11) is 1.92. The molecule has 1 aliphatic carbocycles. The standard InChI is InChI=1S/C17H18ClFN4O/c1-22-10-20-21-15(22)13-8-23(9-17(13)5-2-6-17)16(24)12-7-11(18)3-4-14(12)19/h3-4,7,10,13H,2,5-6,8-9H2,1H3. The second-order valence-electron chi connectivity index (χ2n) is 6.88. The largest absolute Gasteiger partial charge is 0.337 e. The molecule has 0 bridgehead atoms. The van der Waals surface area contributed by atoms with E-state index in [4.69, 9.17) is 11.6 Å². The molecular weight excluding hydrogens is 331 g/mol. The molecule has 1 aromatic heterocycles. The van der Waals surface area contributed by atoms with Gasteiger partial charge in [-0.15, -0.1) is 10.2 Å². The fourth-order valence-corrected chi connectivity index (χ4v) is 4.23. The van der Waals surface area contributed by atoms with Crippen LogP contribution in [0.2, 0.25) is 5.02 Å². The summed E-state index contributed by atoms with van der Waals surface area (Å²) in [6.07, 6.45) is 4.96. The van der Waals surface area contributed by atoms with Crippen molar-refractivity contribution in [1.29, 1.82) is 0 Å². The smallest absolute Gasteiger partial charge is 0.256 e. The predicted octanol–water partition coefficient (Wildman–Crippen LogP) is 3.02. The second-order valence-corrected chi connectivity index (χ2v) is 7.31. The number of benzene rings is 1. The van der Waals surface area contributed by atoms with Crippen LogP contribution in [0.4, 0.5) is 4.39 Å². The zero-order chi connectivity index (χ0) is 16.9. The Morgan fingerprint density at radius 3 is 2.83 bits per heavy atom. The Hall–Kier alpha value is -1.95. The van der Waals surface area contributed by atoms with E-state index in [9.17, 15) is 9.18 Å². The summed E-state index contributed by atoms with van der Waals surface area (Å²) in [6, 6.07) is 4.10. The Kier molecular flexibility index (Phi) is 3.60. The molecule has 1 spiro atoms. The van der Waals surface area contributed by atoms with Crippen molar-refractivity contribution in [2.45, 2.75) is 25.2 Å². The van der Waals surface area contributed by atoms with Crippen LogP contribution in [0.5, 0.6) is 0 Å². The van der Waals surface area contributed by atoms with Crippen LogP contribution in [0.15, 0.2) is 24.5 Å². The van der Waals surface area contributed by atoms with Gasteiger partial charge in [0.2, 0.25) is 0 Å². The van der Waals surface area contributed by atoms with Crippen LogP contribution >= 0.6 is 11.6 Å². The van der Waals surface area contributed by atoms with Crippen molar-refractivity contribution in [1.82, 2.24) is 19.7 Å². The third-order valence-electron chi connectivity index (χ3n) is 5.50.